The van der Waals surface area contributed by atoms with Crippen LogP contribution in [0.5, 0.6) is 0 Å². The van der Waals surface area contributed by atoms with Crippen LogP contribution in [0, 0.1) is 0 Å². The molecule has 0 aromatic heterocycles. The lowest BCUT2D eigenvalue weighted by molar-refractivity contribution is -0.117. The molecule has 0 fully saturated rings. The van der Waals surface area contributed by atoms with Crippen LogP contribution in [0.15, 0.2) is 29.3 Å². The van der Waals surface area contributed by atoms with Crippen LogP contribution in [0.4, 0.5) is 0 Å². The number of carbonyl (C=O) groups excluding carboxylic acids is 1. The highest BCUT2D eigenvalue weighted by atomic mass is 35.5. The lowest BCUT2D eigenvalue weighted by Gasteiger charge is -2.26. The summed E-state index contributed by atoms with van der Waals surface area (Å²) in [4.78, 5) is 15.1. The van der Waals surface area contributed by atoms with Crippen molar-refractivity contribution in [2.24, 2.45) is 4.99 Å². The molecule has 0 saturated carbocycles. The summed E-state index contributed by atoms with van der Waals surface area (Å²) in [5, 5.41) is 2.73. The Bertz CT molecular complexity index is 283. The highest BCUT2D eigenvalue weighted by Gasteiger charge is 2.25. The van der Waals surface area contributed by atoms with Gasteiger partial charge in [-0.3, -0.25) is 9.79 Å². The van der Waals surface area contributed by atoms with Gasteiger partial charge in [-0.1, -0.05) is 17.7 Å². The smallest absolute Gasteiger partial charge is 0.244 e. The fourth-order valence-corrected chi connectivity index (χ4v) is 1.44. The number of hydrogen-bond donors (Lipinski definition) is 1. The van der Waals surface area contributed by atoms with E-state index in [4.69, 9.17) is 11.6 Å². The first-order valence-corrected chi connectivity index (χ1v) is 4.35. The van der Waals surface area contributed by atoms with Gasteiger partial charge < -0.3 is 5.32 Å². The zero-order chi connectivity index (χ0) is 9.84. The van der Waals surface area contributed by atoms with Crippen molar-refractivity contribution in [3.05, 3.63) is 24.3 Å². The summed E-state index contributed by atoms with van der Waals surface area (Å²) in [6.45, 7) is 5.48. The highest BCUT2D eigenvalue weighted by Crippen LogP contribution is 2.15. The minimum Gasteiger partial charge on any atom is -0.344 e. The van der Waals surface area contributed by atoms with Crippen molar-refractivity contribution in [2.75, 3.05) is 0 Å². The fourth-order valence-electron chi connectivity index (χ4n) is 1.32. The van der Waals surface area contributed by atoms with E-state index in [0.717, 1.165) is 5.57 Å². The molecule has 3 nitrogen and oxygen atoms in total. The van der Waals surface area contributed by atoms with Gasteiger partial charge in [-0.15, -0.1) is 6.58 Å². The number of hydrogen-bond acceptors (Lipinski definition) is 2. The third kappa shape index (κ3) is 2.18. The van der Waals surface area contributed by atoms with Crippen molar-refractivity contribution < 1.29 is 4.79 Å². The van der Waals surface area contributed by atoms with Crippen molar-refractivity contribution in [1.29, 1.82) is 0 Å². The van der Waals surface area contributed by atoms with E-state index >= 15 is 0 Å². The molecular formula is C9H11ClN2O. The maximum atomic E-state index is 11.1. The van der Waals surface area contributed by atoms with Crippen LogP contribution in [0.1, 0.15) is 6.92 Å². The Morgan fingerprint density at radius 3 is 3.00 bits per heavy atom. The van der Waals surface area contributed by atoms with Crippen molar-refractivity contribution >= 4 is 23.2 Å². The molecule has 1 aliphatic heterocycles. The number of carbonyl (C=O) groups is 1. The SMILES string of the molecule is C=CC1NC(=O)C=C(C)C1N=CCl. The summed E-state index contributed by atoms with van der Waals surface area (Å²) in [6, 6.07) is -0.278. The Morgan fingerprint density at radius 2 is 2.46 bits per heavy atom. The van der Waals surface area contributed by atoms with Gasteiger partial charge in [-0.25, -0.2) is 0 Å². The number of amides is 1. The Hall–Kier alpha value is -1.09. The van der Waals surface area contributed by atoms with Gasteiger partial charge in [0.05, 0.1) is 17.8 Å². The molecule has 4 heteroatoms. The first kappa shape index (κ1) is 9.99. The first-order valence-electron chi connectivity index (χ1n) is 3.92. The molecule has 0 bridgehead atoms. The first-order chi connectivity index (χ1) is 6.19. The molecule has 1 rings (SSSR count). The summed E-state index contributed by atoms with van der Waals surface area (Å²) in [5.41, 5.74) is 2.11. The third-order valence-electron chi connectivity index (χ3n) is 1.95. The molecule has 2 unspecified atom stereocenters. The van der Waals surface area contributed by atoms with Gasteiger partial charge in [-0.2, -0.15) is 0 Å². The number of nitrogens with one attached hydrogen (secondary N) is 1. The molecule has 1 N–H and O–H groups in total. The van der Waals surface area contributed by atoms with Gasteiger partial charge in [0, 0.05) is 6.08 Å². The minimum absolute atomic E-state index is 0.108. The van der Waals surface area contributed by atoms with Crippen molar-refractivity contribution in [3.63, 3.8) is 0 Å². The van der Waals surface area contributed by atoms with E-state index in [-0.39, 0.29) is 18.0 Å². The summed E-state index contributed by atoms with van der Waals surface area (Å²) in [5.74, 6) is -0.108. The Morgan fingerprint density at radius 1 is 1.77 bits per heavy atom. The summed E-state index contributed by atoms with van der Waals surface area (Å²) < 4.78 is 0. The average Bonchev–Trinajstić information content (AvgIpc) is 2.09. The lowest BCUT2D eigenvalue weighted by Crippen LogP contribution is -2.44. The predicted octanol–water partition coefficient (Wildman–Crippen LogP) is 1.25. The molecule has 0 aromatic rings. The molecular weight excluding hydrogens is 188 g/mol. The minimum atomic E-state index is -0.160. The van der Waals surface area contributed by atoms with E-state index in [0.29, 0.717) is 0 Å². The van der Waals surface area contributed by atoms with Gasteiger partial charge in [0.15, 0.2) is 0 Å². The average molecular weight is 199 g/mol. The maximum absolute atomic E-state index is 11.1. The highest BCUT2D eigenvalue weighted by molar-refractivity contribution is 6.56. The molecule has 1 aliphatic rings. The summed E-state index contributed by atoms with van der Waals surface area (Å²) in [7, 11) is 0. The van der Waals surface area contributed by atoms with Gasteiger partial charge >= 0.3 is 0 Å². The summed E-state index contributed by atoms with van der Waals surface area (Å²) >= 11 is 5.39. The van der Waals surface area contributed by atoms with Crippen LogP contribution in [0.2, 0.25) is 0 Å². The Labute approximate surface area is 82.2 Å². The number of rotatable bonds is 2. The number of halogens is 1. The molecule has 1 amide bonds. The van der Waals surface area contributed by atoms with Crippen LogP contribution in [-0.4, -0.2) is 23.7 Å². The molecule has 0 aliphatic carbocycles. The standard InChI is InChI=1S/C9H11ClN2O/c1-3-7-9(11-5-10)6(2)4-8(13)12-7/h3-5,7,9H,1H2,2H3,(H,12,13). The molecule has 0 aromatic carbocycles. The zero-order valence-corrected chi connectivity index (χ0v) is 8.08. The largest absolute Gasteiger partial charge is 0.344 e. The van der Waals surface area contributed by atoms with Crippen LogP contribution >= 0.6 is 11.6 Å². The van der Waals surface area contributed by atoms with Crippen LogP contribution in [-0.2, 0) is 4.79 Å². The maximum Gasteiger partial charge on any atom is 0.244 e. The van der Waals surface area contributed by atoms with E-state index in [1.807, 2.05) is 6.92 Å². The molecule has 0 spiro atoms. The van der Waals surface area contributed by atoms with Gasteiger partial charge in [-0.05, 0) is 12.5 Å². The Balaban J connectivity index is 2.94. The van der Waals surface area contributed by atoms with E-state index in [9.17, 15) is 4.79 Å². The molecule has 13 heavy (non-hydrogen) atoms. The summed E-state index contributed by atoms with van der Waals surface area (Å²) in [6.07, 6.45) is 3.18. The van der Waals surface area contributed by atoms with Crippen LogP contribution < -0.4 is 5.32 Å². The molecule has 0 radical (unpaired) electrons. The van der Waals surface area contributed by atoms with E-state index in [2.05, 4.69) is 16.9 Å². The lowest BCUT2D eigenvalue weighted by atomic mass is 9.97. The van der Waals surface area contributed by atoms with E-state index in [1.54, 1.807) is 6.08 Å². The molecule has 0 saturated heterocycles. The van der Waals surface area contributed by atoms with Crippen LogP contribution in [0.3, 0.4) is 0 Å². The molecule has 2 atom stereocenters. The number of aliphatic imine (C=N–C) groups is 1. The monoisotopic (exact) mass is 198 g/mol. The second-order valence-electron chi connectivity index (χ2n) is 2.85. The third-order valence-corrected chi connectivity index (χ3v) is 2.06. The molecule has 1 heterocycles. The van der Waals surface area contributed by atoms with Crippen molar-refractivity contribution in [2.45, 2.75) is 19.0 Å². The zero-order valence-electron chi connectivity index (χ0n) is 7.33. The number of nitrogens with zero attached hydrogens (tertiary/aromatic N) is 1. The second kappa shape index (κ2) is 4.23. The van der Waals surface area contributed by atoms with Gasteiger partial charge in [0.25, 0.3) is 0 Å². The Kier molecular flexibility index (Phi) is 3.25. The van der Waals surface area contributed by atoms with Crippen molar-refractivity contribution in [1.82, 2.24) is 5.32 Å². The van der Waals surface area contributed by atoms with Gasteiger partial charge in [0.1, 0.15) is 0 Å². The molecule has 70 valence electrons. The predicted molar refractivity (Wildman–Crippen MR) is 54.0 cm³/mol. The second-order valence-corrected chi connectivity index (χ2v) is 3.05. The van der Waals surface area contributed by atoms with E-state index in [1.165, 1.54) is 11.7 Å². The quantitative estimate of drug-likeness (QED) is 0.527. The normalized spacial score (nSPS) is 28.5. The van der Waals surface area contributed by atoms with E-state index < -0.39 is 0 Å². The topological polar surface area (TPSA) is 41.5 Å². The van der Waals surface area contributed by atoms with Gasteiger partial charge in [0.2, 0.25) is 5.91 Å². The fraction of sp³-hybridized carbons (Fsp3) is 0.333. The van der Waals surface area contributed by atoms with Crippen LogP contribution in [0.25, 0.3) is 0 Å². The van der Waals surface area contributed by atoms with Crippen molar-refractivity contribution in [3.8, 4) is 0 Å².